The highest BCUT2D eigenvalue weighted by molar-refractivity contribution is 5.33. The molecule has 0 spiro atoms. The summed E-state index contributed by atoms with van der Waals surface area (Å²) in [6.07, 6.45) is 3.66. The van der Waals surface area contributed by atoms with Gasteiger partial charge in [-0.3, -0.25) is 0 Å². The van der Waals surface area contributed by atoms with Crippen molar-refractivity contribution in [2.24, 2.45) is 0 Å². The Morgan fingerprint density at radius 3 is 2.61 bits per heavy atom. The largest absolute Gasteiger partial charge is 0.306 e. The van der Waals surface area contributed by atoms with E-state index >= 15 is 0 Å². The van der Waals surface area contributed by atoms with Gasteiger partial charge in [0.25, 0.3) is 0 Å². The lowest BCUT2D eigenvalue weighted by Gasteiger charge is -2.11. The fourth-order valence-corrected chi connectivity index (χ4v) is 2.79. The molecule has 1 aliphatic heterocycles. The van der Waals surface area contributed by atoms with Crippen LogP contribution in [0.25, 0.3) is 0 Å². The third-order valence-electron chi connectivity index (χ3n) is 3.77. The molecule has 0 aromatic heterocycles. The molecule has 0 fully saturated rings. The van der Waals surface area contributed by atoms with Crippen molar-refractivity contribution in [3.63, 3.8) is 0 Å². The highest BCUT2D eigenvalue weighted by Crippen LogP contribution is 2.28. The highest BCUT2D eigenvalue weighted by atomic mass is 14.9. The van der Waals surface area contributed by atoms with Crippen molar-refractivity contribution in [2.45, 2.75) is 31.8 Å². The molecule has 1 heterocycles. The molecule has 18 heavy (non-hydrogen) atoms. The Kier molecular flexibility index (Phi) is 3.42. The van der Waals surface area contributed by atoms with Crippen molar-refractivity contribution >= 4 is 0 Å². The van der Waals surface area contributed by atoms with Gasteiger partial charge in [-0.15, -0.1) is 0 Å². The topological polar surface area (TPSA) is 12.0 Å². The van der Waals surface area contributed by atoms with Crippen LogP contribution in [0.2, 0.25) is 0 Å². The lowest BCUT2D eigenvalue weighted by molar-refractivity contribution is 0.522. The Balaban J connectivity index is 1.56. The summed E-state index contributed by atoms with van der Waals surface area (Å²) in [5.74, 6) is 0. The lowest BCUT2D eigenvalue weighted by atomic mass is 9.99. The Morgan fingerprint density at radius 1 is 0.944 bits per heavy atom. The fourth-order valence-electron chi connectivity index (χ4n) is 2.79. The normalized spacial score (nSPS) is 17.7. The second kappa shape index (κ2) is 5.36. The van der Waals surface area contributed by atoms with E-state index in [2.05, 4.69) is 59.9 Å². The van der Waals surface area contributed by atoms with E-state index in [0.717, 1.165) is 6.54 Å². The zero-order chi connectivity index (χ0) is 12.2. The van der Waals surface area contributed by atoms with Crippen LogP contribution in [-0.2, 0) is 13.0 Å². The summed E-state index contributed by atoms with van der Waals surface area (Å²) >= 11 is 0. The molecule has 2 aromatic carbocycles. The smallest absolute Gasteiger partial charge is 0.0326 e. The van der Waals surface area contributed by atoms with Gasteiger partial charge in [0.05, 0.1) is 0 Å². The van der Waals surface area contributed by atoms with Gasteiger partial charge < -0.3 is 5.32 Å². The van der Waals surface area contributed by atoms with E-state index in [0.29, 0.717) is 6.04 Å². The minimum Gasteiger partial charge on any atom is -0.306 e. The quantitative estimate of drug-likeness (QED) is 0.851. The summed E-state index contributed by atoms with van der Waals surface area (Å²) in [7, 11) is 0. The molecular formula is C17H19N. The maximum atomic E-state index is 3.61. The third-order valence-corrected chi connectivity index (χ3v) is 3.77. The summed E-state index contributed by atoms with van der Waals surface area (Å²) in [6.45, 7) is 1.03. The molecule has 0 radical (unpaired) electrons. The molecule has 92 valence electrons. The number of nitrogens with one attached hydrogen (secondary N) is 1. The molecule has 1 nitrogen and oxygen atoms in total. The molecule has 0 aliphatic carbocycles. The molecule has 0 saturated carbocycles. The van der Waals surface area contributed by atoms with Crippen molar-refractivity contribution in [1.82, 2.24) is 5.32 Å². The van der Waals surface area contributed by atoms with Crippen molar-refractivity contribution in [1.29, 1.82) is 0 Å². The van der Waals surface area contributed by atoms with Gasteiger partial charge in [-0.2, -0.15) is 0 Å². The first-order valence-electron chi connectivity index (χ1n) is 6.78. The minimum absolute atomic E-state index is 0.560. The second-order valence-electron chi connectivity index (χ2n) is 5.01. The van der Waals surface area contributed by atoms with Gasteiger partial charge in [0.2, 0.25) is 0 Å². The third kappa shape index (κ3) is 2.46. The molecule has 0 amide bonds. The van der Waals surface area contributed by atoms with Crippen molar-refractivity contribution < 1.29 is 0 Å². The van der Waals surface area contributed by atoms with Gasteiger partial charge in [0.15, 0.2) is 0 Å². The first-order valence-corrected chi connectivity index (χ1v) is 6.78. The lowest BCUT2D eigenvalue weighted by Crippen LogP contribution is -2.12. The molecule has 1 atom stereocenters. The van der Waals surface area contributed by atoms with Crippen LogP contribution in [-0.4, -0.2) is 0 Å². The van der Waals surface area contributed by atoms with Crippen LogP contribution in [0.15, 0.2) is 54.6 Å². The van der Waals surface area contributed by atoms with Gasteiger partial charge in [0.1, 0.15) is 0 Å². The number of benzene rings is 2. The summed E-state index contributed by atoms with van der Waals surface area (Å²) in [5, 5.41) is 3.61. The van der Waals surface area contributed by atoms with Gasteiger partial charge in [-0.25, -0.2) is 0 Å². The molecule has 0 saturated heterocycles. The maximum Gasteiger partial charge on any atom is 0.0326 e. The summed E-state index contributed by atoms with van der Waals surface area (Å²) in [5.41, 5.74) is 4.43. The zero-order valence-corrected chi connectivity index (χ0v) is 10.6. The molecular weight excluding hydrogens is 218 g/mol. The van der Waals surface area contributed by atoms with Crippen molar-refractivity contribution in [2.75, 3.05) is 0 Å². The van der Waals surface area contributed by atoms with Crippen LogP contribution in [0.5, 0.6) is 0 Å². The minimum atomic E-state index is 0.560. The molecule has 1 aliphatic rings. The van der Waals surface area contributed by atoms with Gasteiger partial charge >= 0.3 is 0 Å². The van der Waals surface area contributed by atoms with E-state index in [1.54, 1.807) is 0 Å². The predicted molar refractivity (Wildman–Crippen MR) is 75.4 cm³/mol. The fraction of sp³-hybridized carbons (Fsp3) is 0.294. The molecule has 2 aromatic rings. The van der Waals surface area contributed by atoms with Crippen LogP contribution < -0.4 is 5.32 Å². The first-order chi connectivity index (χ1) is 8.93. The number of hydrogen-bond acceptors (Lipinski definition) is 1. The van der Waals surface area contributed by atoms with Crippen LogP contribution in [0, 0.1) is 0 Å². The average molecular weight is 237 g/mol. The van der Waals surface area contributed by atoms with Crippen molar-refractivity contribution in [3.05, 3.63) is 71.3 Å². The van der Waals surface area contributed by atoms with Crippen LogP contribution >= 0.6 is 0 Å². The zero-order valence-electron chi connectivity index (χ0n) is 10.6. The Hall–Kier alpha value is -1.60. The van der Waals surface area contributed by atoms with E-state index in [1.165, 1.54) is 36.0 Å². The van der Waals surface area contributed by atoms with Gasteiger partial charge in [0, 0.05) is 12.6 Å². The first kappa shape index (κ1) is 11.5. The second-order valence-corrected chi connectivity index (χ2v) is 5.01. The highest BCUT2D eigenvalue weighted by Gasteiger charge is 2.20. The SMILES string of the molecule is c1ccc(CCCC2NCc3ccccc32)cc1. The van der Waals surface area contributed by atoms with Gasteiger partial charge in [-0.1, -0.05) is 54.6 Å². The van der Waals surface area contributed by atoms with Crippen molar-refractivity contribution in [3.8, 4) is 0 Å². The Bertz CT molecular complexity index is 504. The summed E-state index contributed by atoms with van der Waals surface area (Å²) in [6, 6.07) is 20.1. The number of rotatable bonds is 4. The van der Waals surface area contributed by atoms with E-state index in [4.69, 9.17) is 0 Å². The predicted octanol–water partition coefficient (Wildman–Crippen LogP) is 3.85. The molecule has 3 rings (SSSR count). The summed E-state index contributed by atoms with van der Waals surface area (Å²) < 4.78 is 0. The molecule has 1 unspecified atom stereocenters. The number of hydrogen-bond donors (Lipinski definition) is 1. The molecule has 1 heteroatoms. The molecule has 1 N–H and O–H groups in total. The monoisotopic (exact) mass is 237 g/mol. The average Bonchev–Trinajstić information content (AvgIpc) is 2.84. The van der Waals surface area contributed by atoms with Crippen LogP contribution in [0.3, 0.4) is 0 Å². The van der Waals surface area contributed by atoms with E-state index in [1.807, 2.05) is 0 Å². The van der Waals surface area contributed by atoms with Crippen LogP contribution in [0.4, 0.5) is 0 Å². The summed E-state index contributed by atoms with van der Waals surface area (Å²) in [4.78, 5) is 0. The standard InChI is InChI=1S/C17H19N/c1-2-7-14(8-3-1)9-6-12-17-16-11-5-4-10-15(16)13-18-17/h1-5,7-8,10-11,17-18H,6,9,12-13H2. The van der Waals surface area contributed by atoms with Crippen LogP contribution in [0.1, 0.15) is 35.6 Å². The van der Waals surface area contributed by atoms with E-state index < -0.39 is 0 Å². The van der Waals surface area contributed by atoms with E-state index in [9.17, 15) is 0 Å². The number of fused-ring (bicyclic) bond motifs is 1. The molecule has 0 bridgehead atoms. The maximum absolute atomic E-state index is 3.61. The van der Waals surface area contributed by atoms with E-state index in [-0.39, 0.29) is 0 Å². The van der Waals surface area contributed by atoms with Gasteiger partial charge in [-0.05, 0) is 36.0 Å². The Labute approximate surface area is 109 Å². The Morgan fingerprint density at radius 2 is 1.72 bits per heavy atom. The number of aryl methyl sites for hydroxylation is 1.